The first-order valence-electron chi connectivity index (χ1n) is 9.89. The van der Waals surface area contributed by atoms with Gasteiger partial charge in [0.25, 0.3) is 0 Å². The molecule has 11 heteroatoms. The number of benzene rings is 2. The van der Waals surface area contributed by atoms with Crippen molar-refractivity contribution < 1.29 is 14.6 Å². The van der Waals surface area contributed by atoms with Crippen LogP contribution in [0.15, 0.2) is 52.0 Å². The topological polar surface area (TPSA) is 117 Å². The number of anilines is 4. The molecule has 0 spiro atoms. The van der Waals surface area contributed by atoms with Gasteiger partial charge in [-0.15, -0.1) is 0 Å². The summed E-state index contributed by atoms with van der Waals surface area (Å²) < 4.78 is 11.5. The van der Waals surface area contributed by atoms with E-state index in [1.165, 1.54) is 13.3 Å². The predicted octanol–water partition coefficient (Wildman–Crippen LogP) is 3.37. The van der Waals surface area contributed by atoms with Crippen LogP contribution in [0.5, 0.6) is 11.5 Å². The van der Waals surface area contributed by atoms with Crippen molar-refractivity contribution in [3.63, 3.8) is 0 Å². The molecular formula is C21H22BrN7O3. The predicted molar refractivity (Wildman–Crippen MR) is 126 cm³/mol. The van der Waals surface area contributed by atoms with Crippen molar-refractivity contribution in [1.29, 1.82) is 0 Å². The molecule has 0 atom stereocenters. The van der Waals surface area contributed by atoms with E-state index in [0.717, 1.165) is 10.2 Å². The van der Waals surface area contributed by atoms with Crippen molar-refractivity contribution >= 4 is 45.7 Å². The quantitative estimate of drug-likeness (QED) is 0.332. The Kier molecular flexibility index (Phi) is 6.97. The molecule has 2 heterocycles. The summed E-state index contributed by atoms with van der Waals surface area (Å²) in [5, 5.41) is 17.6. The minimum absolute atomic E-state index is 0.00205. The molecule has 1 aromatic heterocycles. The molecule has 3 aromatic rings. The van der Waals surface area contributed by atoms with Crippen molar-refractivity contribution in [2.45, 2.75) is 0 Å². The molecule has 0 amide bonds. The summed E-state index contributed by atoms with van der Waals surface area (Å²) in [6.45, 7) is 2.58. The largest absolute Gasteiger partial charge is 0.504 e. The van der Waals surface area contributed by atoms with Crippen molar-refractivity contribution in [2.24, 2.45) is 5.10 Å². The van der Waals surface area contributed by atoms with Crippen LogP contribution in [-0.2, 0) is 4.74 Å². The van der Waals surface area contributed by atoms with Crippen LogP contribution >= 0.6 is 15.9 Å². The van der Waals surface area contributed by atoms with E-state index < -0.39 is 0 Å². The van der Waals surface area contributed by atoms with Crippen molar-refractivity contribution in [3.05, 3.63) is 52.5 Å². The number of morpholine rings is 1. The number of hydrazone groups is 1. The van der Waals surface area contributed by atoms with Gasteiger partial charge in [0.2, 0.25) is 17.8 Å². The van der Waals surface area contributed by atoms with E-state index >= 15 is 0 Å². The van der Waals surface area contributed by atoms with Gasteiger partial charge in [-0.3, -0.25) is 0 Å². The van der Waals surface area contributed by atoms with Gasteiger partial charge in [-0.2, -0.15) is 20.1 Å². The maximum atomic E-state index is 10.2. The van der Waals surface area contributed by atoms with E-state index in [-0.39, 0.29) is 11.7 Å². The number of aromatic hydroxyl groups is 1. The highest BCUT2D eigenvalue weighted by Crippen LogP contribution is 2.28. The molecule has 1 fully saturated rings. The van der Waals surface area contributed by atoms with E-state index in [4.69, 9.17) is 9.47 Å². The van der Waals surface area contributed by atoms with Gasteiger partial charge >= 0.3 is 0 Å². The van der Waals surface area contributed by atoms with Gasteiger partial charge in [-0.25, -0.2) is 5.43 Å². The summed E-state index contributed by atoms with van der Waals surface area (Å²) >= 11 is 3.46. The van der Waals surface area contributed by atoms with Crippen LogP contribution in [0.3, 0.4) is 0 Å². The summed E-state index contributed by atoms with van der Waals surface area (Å²) in [4.78, 5) is 15.5. The molecule has 4 rings (SSSR count). The third-order valence-electron chi connectivity index (χ3n) is 4.62. The van der Waals surface area contributed by atoms with Crippen LogP contribution in [0.2, 0.25) is 0 Å². The van der Waals surface area contributed by atoms with Crippen LogP contribution in [0.25, 0.3) is 0 Å². The molecule has 1 saturated heterocycles. The maximum Gasteiger partial charge on any atom is 0.250 e. The highest BCUT2D eigenvalue weighted by molar-refractivity contribution is 9.10. The molecule has 0 saturated carbocycles. The summed E-state index contributed by atoms with van der Waals surface area (Å²) in [6.07, 6.45) is 1.47. The first-order chi connectivity index (χ1) is 15.6. The molecule has 32 heavy (non-hydrogen) atoms. The number of nitrogens with zero attached hydrogens (tertiary/aromatic N) is 5. The molecule has 3 N–H and O–H groups in total. The minimum atomic E-state index is 0.00205. The Morgan fingerprint density at radius 3 is 2.69 bits per heavy atom. The summed E-state index contributed by atoms with van der Waals surface area (Å²) in [5.41, 5.74) is 4.14. The highest BCUT2D eigenvalue weighted by Gasteiger charge is 2.17. The van der Waals surface area contributed by atoms with Crippen LogP contribution in [0.4, 0.5) is 23.5 Å². The second-order valence-electron chi connectivity index (χ2n) is 6.79. The van der Waals surface area contributed by atoms with E-state index in [1.54, 1.807) is 18.2 Å². The number of ether oxygens (including phenoxy) is 2. The molecule has 0 radical (unpaired) electrons. The van der Waals surface area contributed by atoms with Crippen LogP contribution in [0, 0.1) is 0 Å². The molecule has 10 nitrogen and oxygen atoms in total. The molecule has 0 aliphatic carbocycles. The zero-order valence-electron chi connectivity index (χ0n) is 17.3. The van der Waals surface area contributed by atoms with E-state index in [0.29, 0.717) is 49.5 Å². The highest BCUT2D eigenvalue weighted by atomic mass is 79.9. The van der Waals surface area contributed by atoms with Gasteiger partial charge in [0, 0.05) is 28.8 Å². The monoisotopic (exact) mass is 499 g/mol. The van der Waals surface area contributed by atoms with Gasteiger partial charge in [0.05, 0.1) is 26.5 Å². The third kappa shape index (κ3) is 5.42. The maximum absolute atomic E-state index is 10.2. The van der Waals surface area contributed by atoms with Gasteiger partial charge in [-0.1, -0.05) is 28.1 Å². The number of phenols is 1. The van der Waals surface area contributed by atoms with Crippen LogP contribution < -0.4 is 20.4 Å². The minimum Gasteiger partial charge on any atom is -0.504 e. The van der Waals surface area contributed by atoms with Crippen LogP contribution in [0.1, 0.15) is 5.56 Å². The lowest BCUT2D eigenvalue weighted by Crippen LogP contribution is -2.37. The number of hydrogen-bond donors (Lipinski definition) is 3. The lowest BCUT2D eigenvalue weighted by molar-refractivity contribution is 0.122. The Balaban J connectivity index is 1.58. The lowest BCUT2D eigenvalue weighted by atomic mass is 10.2. The normalized spacial score (nSPS) is 13.9. The van der Waals surface area contributed by atoms with Crippen molar-refractivity contribution in [3.8, 4) is 11.5 Å². The Hall–Kier alpha value is -3.44. The number of methoxy groups -OCH3 is 1. The smallest absolute Gasteiger partial charge is 0.250 e. The number of para-hydroxylation sites is 1. The SMILES string of the molecule is COc1cccc(/C=N\Nc2nc(Nc3cccc(Br)c3)nc(N3CCOCC3)n2)c1O. The second kappa shape index (κ2) is 10.2. The van der Waals surface area contributed by atoms with Crippen molar-refractivity contribution in [1.82, 2.24) is 15.0 Å². The van der Waals surface area contributed by atoms with E-state index in [9.17, 15) is 5.11 Å². The Bertz CT molecular complexity index is 1110. The zero-order valence-corrected chi connectivity index (χ0v) is 18.9. The molecule has 166 valence electrons. The summed E-state index contributed by atoms with van der Waals surface area (Å²) in [7, 11) is 1.49. The van der Waals surface area contributed by atoms with E-state index in [1.807, 2.05) is 29.2 Å². The second-order valence-corrected chi connectivity index (χ2v) is 7.70. The number of phenolic OH excluding ortho intramolecular Hbond substituents is 1. The number of rotatable bonds is 7. The van der Waals surface area contributed by atoms with Crippen molar-refractivity contribution in [2.75, 3.05) is 49.1 Å². The number of hydrogen-bond acceptors (Lipinski definition) is 10. The first-order valence-corrected chi connectivity index (χ1v) is 10.7. The van der Waals surface area contributed by atoms with Gasteiger partial charge < -0.3 is 24.8 Å². The fourth-order valence-corrected chi connectivity index (χ4v) is 3.44. The molecule has 2 aromatic carbocycles. The average Bonchev–Trinajstić information content (AvgIpc) is 2.81. The lowest BCUT2D eigenvalue weighted by Gasteiger charge is -2.27. The fourth-order valence-electron chi connectivity index (χ4n) is 3.04. The van der Waals surface area contributed by atoms with E-state index in [2.05, 4.69) is 46.7 Å². The first kappa shape index (κ1) is 21.8. The Morgan fingerprint density at radius 2 is 1.91 bits per heavy atom. The number of nitrogens with one attached hydrogen (secondary N) is 2. The Labute approximate surface area is 193 Å². The number of halogens is 1. The average molecular weight is 500 g/mol. The van der Waals surface area contributed by atoms with Gasteiger partial charge in [-0.05, 0) is 30.3 Å². The van der Waals surface area contributed by atoms with Gasteiger partial charge in [0.1, 0.15) is 0 Å². The molecule has 0 bridgehead atoms. The zero-order chi connectivity index (χ0) is 22.3. The van der Waals surface area contributed by atoms with Crippen LogP contribution in [-0.4, -0.2) is 59.7 Å². The number of aromatic nitrogens is 3. The molecule has 1 aliphatic heterocycles. The Morgan fingerprint density at radius 1 is 1.12 bits per heavy atom. The molecular weight excluding hydrogens is 478 g/mol. The molecule has 1 aliphatic rings. The van der Waals surface area contributed by atoms with Gasteiger partial charge in [0.15, 0.2) is 11.5 Å². The fraction of sp³-hybridized carbons (Fsp3) is 0.238. The third-order valence-corrected chi connectivity index (χ3v) is 5.11. The standard InChI is InChI=1S/C21H22BrN7O3/c1-31-17-7-2-4-14(18(17)30)13-23-28-20-25-19(24-16-6-3-5-15(22)12-16)26-21(27-20)29-8-10-32-11-9-29/h2-7,12-13,30H,8-11H2,1H3,(H2,24,25,26,27,28)/b23-13-. The summed E-state index contributed by atoms with van der Waals surface area (Å²) in [6, 6.07) is 12.8. The summed E-state index contributed by atoms with van der Waals surface area (Å²) in [5.74, 6) is 1.52. The molecule has 0 unspecified atom stereocenters.